The second kappa shape index (κ2) is 5.59. The lowest BCUT2D eigenvalue weighted by Crippen LogP contribution is -2.20. The van der Waals surface area contributed by atoms with Gasteiger partial charge in [0.1, 0.15) is 5.65 Å². The fourth-order valence-electron chi connectivity index (χ4n) is 2.42. The van der Waals surface area contributed by atoms with E-state index in [1.54, 1.807) is 25.4 Å². The smallest absolute Gasteiger partial charge is 0.294 e. The summed E-state index contributed by atoms with van der Waals surface area (Å²) in [7, 11) is 1.60. The summed E-state index contributed by atoms with van der Waals surface area (Å²) in [5.74, 6) is 0.00569. The van der Waals surface area contributed by atoms with Crippen molar-refractivity contribution in [2.24, 2.45) is 7.05 Å². The van der Waals surface area contributed by atoms with Gasteiger partial charge in [-0.05, 0) is 31.0 Å². The van der Waals surface area contributed by atoms with Crippen molar-refractivity contribution >= 4 is 17.0 Å². The standard InChI is InChI=1S/C17H15FN4O2/c1-22-15-10(9-19-17(21-15)20-11-6-7-11)8-14(16(22)23)24-13-5-3-2-4-12(13)18/h2-5,8-9,11H,6-7H2,1H3,(H,19,20,21). The Morgan fingerprint density at radius 1 is 1.29 bits per heavy atom. The highest BCUT2D eigenvalue weighted by Gasteiger charge is 2.22. The highest BCUT2D eigenvalue weighted by molar-refractivity contribution is 5.76. The molecule has 0 saturated heterocycles. The lowest BCUT2D eigenvalue weighted by Gasteiger charge is -2.11. The number of nitrogens with zero attached hydrogens (tertiary/aromatic N) is 3. The molecule has 0 aliphatic heterocycles. The van der Waals surface area contributed by atoms with Crippen LogP contribution in [-0.2, 0) is 7.05 Å². The normalized spacial score (nSPS) is 13.9. The third-order valence-electron chi connectivity index (χ3n) is 3.88. The third kappa shape index (κ3) is 2.68. The van der Waals surface area contributed by atoms with Gasteiger partial charge in [0.15, 0.2) is 17.3 Å². The zero-order chi connectivity index (χ0) is 16.7. The Morgan fingerprint density at radius 3 is 2.83 bits per heavy atom. The van der Waals surface area contributed by atoms with E-state index in [1.165, 1.54) is 22.8 Å². The van der Waals surface area contributed by atoms with Crippen molar-refractivity contribution in [3.63, 3.8) is 0 Å². The number of halogens is 1. The summed E-state index contributed by atoms with van der Waals surface area (Å²) in [6.45, 7) is 0. The average Bonchev–Trinajstić information content (AvgIpc) is 3.39. The van der Waals surface area contributed by atoms with E-state index < -0.39 is 5.82 Å². The lowest BCUT2D eigenvalue weighted by atomic mass is 10.3. The van der Waals surface area contributed by atoms with E-state index in [0.717, 1.165) is 12.8 Å². The maximum absolute atomic E-state index is 13.7. The summed E-state index contributed by atoms with van der Waals surface area (Å²) in [5, 5.41) is 3.84. The molecule has 6 nitrogen and oxygen atoms in total. The molecule has 122 valence electrons. The molecule has 4 rings (SSSR count). The van der Waals surface area contributed by atoms with E-state index in [1.807, 2.05) is 0 Å². The number of para-hydroxylation sites is 1. The number of aryl methyl sites for hydroxylation is 1. The van der Waals surface area contributed by atoms with Crippen LogP contribution in [0.2, 0.25) is 0 Å². The molecule has 1 saturated carbocycles. The van der Waals surface area contributed by atoms with Crippen molar-refractivity contribution in [3.05, 3.63) is 52.7 Å². The van der Waals surface area contributed by atoms with E-state index in [0.29, 0.717) is 23.0 Å². The average molecular weight is 326 g/mol. The lowest BCUT2D eigenvalue weighted by molar-refractivity contribution is 0.434. The fourth-order valence-corrected chi connectivity index (χ4v) is 2.42. The van der Waals surface area contributed by atoms with Gasteiger partial charge in [-0.3, -0.25) is 9.36 Å². The molecule has 0 unspecified atom stereocenters. The molecule has 0 radical (unpaired) electrons. The molecule has 0 atom stereocenters. The number of aromatic nitrogens is 3. The monoisotopic (exact) mass is 326 g/mol. The van der Waals surface area contributed by atoms with Crippen LogP contribution in [-0.4, -0.2) is 20.6 Å². The number of hydrogen-bond acceptors (Lipinski definition) is 5. The van der Waals surface area contributed by atoms with Crippen molar-refractivity contribution < 1.29 is 9.13 Å². The van der Waals surface area contributed by atoms with Gasteiger partial charge in [-0.1, -0.05) is 12.1 Å². The topological polar surface area (TPSA) is 69.0 Å². The number of ether oxygens (including phenoxy) is 1. The van der Waals surface area contributed by atoms with Crippen LogP contribution in [0.15, 0.2) is 41.3 Å². The van der Waals surface area contributed by atoms with Crippen LogP contribution in [0.3, 0.4) is 0 Å². The fraction of sp³-hybridized carbons (Fsp3) is 0.235. The van der Waals surface area contributed by atoms with E-state index in [9.17, 15) is 9.18 Å². The van der Waals surface area contributed by atoms with Crippen LogP contribution in [0.25, 0.3) is 11.0 Å². The van der Waals surface area contributed by atoms with Gasteiger partial charge in [-0.15, -0.1) is 0 Å². The number of fused-ring (bicyclic) bond motifs is 1. The first-order valence-corrected chi connectivity index (χ1v) is 7.67. The second-order valence-corrected chi connectivity index (χ2v) is 5.80. The highest BCUT2D eigenvalue weighted by Crippen LogP contribution is 2.25. The zero-order valence-corrected chi connectivity index (χ0v) is 13.0. The molecule has 7 heteroatoms. The van der Waals surface area contributed by atoms with Gasteiger partial charge in [-0.2, -0.15) is 4.98 Å². The van der Waals surface area contributed by atoms with Crippen LogP contribution in [0.1, 0.15) is 12.8 Å². The Morgan fingerprint density at radius 2 is 2.08 bits per heavy atom. The number of rotatable bonds is 4. The molecular formula is C17H15FN4O2. The second-order valence-electron chi connectivity index (χ2n) is 5.80. The summed E-state index contributed by atoms with van der Waals surface area (Å²) in [4.78, 5) is 21.1. The molecule has 1 aromatic carbocycles. The molecule has 2 heterocycles. The summed E-state index contributed by atoms with van der Waals surface area (Å²) >= 11 is 0. The Labute approximate surface area is 136 Å². The van der Waals surface area contributed by atoms with Gasteiger partial charge >= 0.3 is 0 Å². The Balaban J connectivity index is 1.76. The van der Waals surface area contributed by atoms with Crippen molar-refractivity contribution in [3.8, 4) is 11.5 Å². The predicted molar refractivity (Wildman–Crippen MR) is 87.9 cm³/mol. The minimum absolute atomic E-state index is 0.00175. The largest absolute Gasteiger partial charge is 0.448 e. The molecule has 1 N–H and O–H groups in total. The molecule has 0 bridgehead atoms. The highest BCUT2D eigenvalue weighted by atomic mass is 19.1. The first-order chi connectivity index (χ1) is 11.6. The molecule has 0 spiro atoms. The van der Waals surface area contributed by atoms with E-state index in [4.69, 9.17) is 4.74 Å². The first kappa shape index (κ1) is 14.6. The van der Waals surface area contributed by atoms with E-state index in [-0.39, 0.29) is 17.1 Å². The Bertz CT molecular complexity index is 982. The van der Waals surface area contributed by atoms with Crippen LogP contribution in [0, 0.1) is 5.82 Å². The van der Waals surface area contributed by atoms with E-state index >= 15 is 0 Å². The first-order valence-electron chi connectivity index (χ1n) is 7.67. The van der Waals surface area contributed by atoms with Crippen LogP contribution in [0.5, 0.6) is 11.5 Å². The summed E-state index contributed by atoms with van der Waals surface area (Å²) in [5.41, 5.74) is 0.112. The number of nitrogens with one attached hydrogen (secondary N) is 1. The van der Waals surface area contributed by atoms with Gasteiger partial charge in [-0.25, -0.2) is 9.37 Å². The van der Waals surface area contributed by atoms with E-state index in [2.05, 4.69) is 15.3 Å². The minimum atomic E-state index is -0.528. The van der Waals surface area contributed by atoms with Crippen molar-refractivity contribution in [1.29, 1.82) is 0 Å². The minimum Gasteiger partial charge on any atom is -0.448 e. The van der Waals surface area contributed by atoms with Crippen molar-refractivity contribution in [1.82, 2.24) is 14.5 Å². The Kier molecular flexibility index (Phi) is 3.41. The predicted octanol–water partition coefficient (Wildman–Crippen LogP) is 2.83. The van der Waals surface area contributed by atoms with Gasteiger partial charge < -0.3 is 10.1 Å². The molecule has 3 aromatic rings. The number of benzene rings is 1. The molecular weight excluding hydrogens is 311 g/mol. The molecule has 2 aromatic heterocycles. The summed E-state index contributed by atoms with van der Waals surface area (Å²) < 4.78 is 20.6. The third-order valence-corrected chi connectivity index (χ3v) is 3.88. The molecule has 1 aliphatic rings. The summed E-state index contributed by atoms with van der Waals surface area (Å²) in [6, 6.07) is 7.90. The molecule has 1 aliphatic carbocycles. The number of hydrogen-bond donors (Lipinski definition) is 1. The maximum Gasteiger partial charge on any atom is 0.294 e. The maximum atomic E-state index is 13.7. The van der Waals surface area contributed by atoms with Crippen LogP contribution in [0.4, 0.5) is 10.3 Å². The van der Waals surface area contributed by atoms with Gasteiger partial charge in [0.05, 0.1) is 0 Å². The van der Waals surface area contributed by atoms with Gasteiger partial charge in [0.2, 0.25) is 5.95 Å². The van der Waals surface area contributed by atoms with Gasteiger partial charge in [0, 0.05) is 24.7 Å². The molecule has 0 amide bonds. The number of pyridine rings is 1. The quantitative estimate of drug-likeness (QED) is 0.798. The van der Waals surface area contributed by atoms with Crippen molar-refractivity contribution in [2.75, 3.05) is 5.32 Å². The SMILES string of the molecule is Cn1c(=O)c(Oc2ccccc2F)cc2cnc(NC3CC3)nc21. The zero-order valence-electron chi connectivity index (χ0n) is 13.0. The summed E-state index contributed by atoms with van der Waals surface area (Å²) in [6.07, 6.45) is 3.84. The van der Waals surface area contributed by atoms with Crippen molar-refractivity contribution in [2.45, 2.75) is 18.9 Å². The van der Waals surface area contributed by atoms with Gasteiger partial charge in [0.25, 0.3) is 5.56 Å². The molecule has 24 heavy (non-hydrogen) atoms. The number of anilines is 1. The van der Waals surface area contributed by atoms with Crippen LogP contribution >= 0.6 is 0 Å². The molecule has 1 fully saturated rings. The Hall–Kier alpha value is -2.96. The van der Waals surface area contributed by atoms with Crippen LogP contribution < -0.4 is 15.6 Å².